The minimum absolute atomic E-state index is 0.123. The molecule has 4 heterocycles. The number of isothiocyanates is 1. The van der Waals surface area contributed by atoms with Gasteiger partial charge >= 0.3 is 0 Å². The van der Waals surface area contributed by atoms with Crippen LogP contribution in [0.2, 0.25) is 0 Å². The molecule has 2 aromatic carbocycles. The van der Waals surface area contributed by atoms with Gasteiger partial charge in [-0.2, -0.15) is 0 Å². The number of anilines is 1. The third-order valence-corrected chi connectivity index (χ3v) is 7.32. The first-order valence-corrected chi connectivity index (χ1v) is 13.5. The van der Waals surface area contributed by atoms with Gasteiger partial charge in [0.15, 0.2) is 5.82 Å². The summed E-state index contributed by atoms with van der Waals surface area (Å²) in [6, 6.07) is 19.3. The van der Waals surface area contributed by atoms with E-state index in [0.29, 0.717) is 23.3 Å². The van der Waals surface area contributed by atoms with E-state index < -0.39 is 0 Å². The molecule has 0 spiro atoms. The van der Waals surface area contributed by atoms with E-state index in [1.54, 1.807) is 22.5 Å². The quantitative estimate of drug-likeness (QED) is 0.187. The lowest BCUT2D eigenvalue weighted by molar-refractivity contribution is 0.774. The smallest absolute Gasteiger partial charge is 0.263 e. The number of benzene rings is 2. The molecule has 0 fully saturated rings. The van der Waals surface area contributed by atoms with Crippen LogP contribution < -0.4 is 10.9 Å². The Morgan fingerprint density at radius 1 is 1.08 bits per heavy atom. The van der Waals surface area contributed by atoms with Gasteiger partial charge in [0.05, 0.1) is 28.6 Å². The zero-order valence-corrected chi connectivity index (χ0v) is 22.4. The number of pyridine rings is 2. The van der Waals surface area contributed by atoms with Crippen LogP contribution in [0.4, 0.5) is 5.82 Å². The minimum atomic E-state index is -0.275. The van der Waals surface area contributed by atoms with Gasteiger partial charge in [-0.3, -0.25) is 14.3 Å². The molecule has 0 aliphatic rings. The van der Waals surface area contributed by atoms with Gasteiger partial charge in [-0.25, -0.2) is 19.9 Å². The molecule has 0 unspecified atom stereocenters. The molecular weight excluding hydrogens is 527 g/mol. The molecule has 6 rings (SSSR count). The second kappa shape index (κ2) is 10.6. The lowest BCUT2D eigenvalue weighted by Crippen LogP contribution is -2.26. The summed E-state index contributed by atoms with van der Waals surface area (Å²) in [6.45, 7) is 2.39. The summed E-state index contributed by atoms with van der Waals surface area (Å²) in [6.07, 6.45) is 5.02. The van der Waals surface area contributed by atoms with Crippen molar-refractivity contribution < 1.29 is 0 Å². The van der Waals surface area contributed by atoms with Crippen LogP contribution in [0, 0.1) is 0 Å². The monoisotopic (exact) mass is 547 g/mol. The number of hydrogen-bond donors (Lipinski definition) is 1. The van der Waals surface area contributed by atoms with Gasteiger partial charge < -0.3 is 5.32 Å². The number of aromatic nitrogens is 5. The van der Waals surface area contributed by atoms with Crippen LogP contribution in [0.15, 0.2) is 94.7 Å². The van der Waals surface area contributed by atoms with Gasteiger partial charge in [0, 0.05) is 29.3 Å². The number of nitrogens with zero attached hydrogens (tertiary/aromatic N) is 6. The maximum Gasteiger partial charge on any atom is 0.263 e. The zero-order chi connectivity index (χ0) is 26.8. The second-order valence-electron chi connectivity index (χ2n) is 8.90. The average Bonchev–Trinajstić information content (AvgIpc) is 3.46. The minimum Gasteiger partial charge on any atom is -0.360 e. The number of hydrogen-bond acceptors (Lipinski definition) is 9. The number of thiazole rings is 1. The summed E-state index contributed by atoms with van der Waals surface area (Å²) in [5.41, 5.74) is 6.41. The van der Waals surface area contributed by atoms with Crippen molar-refractivity contribution in [2.24, 2.45) is 4.99 Å². The number of nitrogens with one attached hydrogen (secondary N) is 1. The Morgan fingerprint density at radius 2 is 1.95 bits per heavy atom. The molecule has 0 aliphatic carbocycles. The standard InChI is InChI=1S/C29H21N7OS2/c1-18(35-27-26-28(33-15-32-27)39-17-34-26)24-11-20-6-5-9-23(21-10-19(12-30-14-21)13-31-16-38)25(20)29(37)36(24)22-7-3-2-4-8-22/h2-12,14-15,17-18H,13H2,1H3,(H,32,33,35)/t18-/m0/s1. The zero-order valence-electron chi connectivity index (χ0n) is 20.8. The summed E-state index contributed by atoms with van der Waals surface area (Å²) in [5, 5.41) is 7.29. The predicted molar refractivity (Wildman–Crippen MR) is 159 cm³/mol. The topological polar surface area (TPSA) is 98.0 Å². The highest BCUT2D eigenvalue weighted by Crippen LogP contribution is 2.31. The predicted octanol–water partition coefficient (Wildman–Crippen LogP) is 6.23. The fraction of sp³-hybridized carbons (Fsp3) is 0.103. The van der Waals surface area contributed by atoms with Crippen molar-refractivity contribution in [3.05, 3.63) is 107 Å². The molecule has 0 aliphatic heterocycles. The summed E-state index contributed by atoms with van der Waals surface area (Å²) < 4.78 is 1.76. The Kier molecular flexibility index (Phi) is 6.73. The van der Waals surface area contributed by atoms with E-state index in [1.165, 1.54) is 17.7 Å². The molecule has 10 heteroatoms. The number of aliphatic imine (C=N–C) groups is 1. The Hall–Kier alpha value is -4.63. The number of rotatable bonds is 7. The summed E-state index contributed by atoms with van der Waals surface area (Å²) in [4.78, 5) is 36.7. The van der Waals surface area contributed by atoms with E-state index in [-0.39, 0.29) is 11.6 Å². The van der Waals surface area contributed by atoms with E-state index in [4.69, 9.17) is 12.2 Å². The maximum atomic E-state index is 14.4. The first-order chi connectivity index (χ1) is 19.1. The number of para-hydroxylation sites is 1. The van der Waals surface area contributed by atoms with Crippen molar-refractivity contribution in [2.75, 3.05) is 5.32 Å². The van der Waals surface area contributed by atoms with Crippen LogP contribution in [0.25, 0.3) is 37.9 Å². The van der Waals surface area contributed by atoms with Crippen molar-refractivity contribution in [3.63, 3.8) is 0 Å². The maximum absolute atomic E-state index is 14.4. The molecule has 4 aromatic heterocycles. The van der Waals surface area contributed by atoms with Gasteiger partial charge in [-0.1, -0.05) is 36.4 Å². The van der Waals surface area contributed by atoms with E-state index in [0.717, 1.165) is 38.3 Å². The Bertz CT molecular complexity index is 1930. The molecule has 1 N–H and O–H groups in total. The van der Waals surface area contributed by atoms with Gasteiger partial charge in [0.25, 0.3) is 5.56 Å². The molecule has 0 bridgehead atoms. The van der Waals surface area contributed by atoms with Crippen LogP contribution in [0.1, 0.15) is 24.2 Å². The highest BCUT2D eigenvalue weighted by atomic mass is 32.1. The summed E-state index contributed by atoms with van der Waals surface area (Å²) >= 11 is 6.17. The number of thiocarbonyl (C=S) groups is 1. The van der Waals surface area contributed by atoms with Crippen molar-refractivity contribution >= 4 is 55.7 Å². The molecule has 39 heavy (non-hydrogen) atoms. The molecular formula is C29H21N7OS2. The molecule has 1 atom stereocenters. The second-order valence-corrected chi connectivity index (χ2v) is 9.91. The van der Waals surface area contributed by atoms with Gasteiger partial charge in [-0.05, 0) is 59.9 Å². The fourth-order valence-electron chi connectivity index (χ4n) is 4.71. The largest absolute Gasteiger partial charge is 0.360 e. The van der Waals surface area contributed by atoms with Crippen LogP contribution in [-0.2, 0) is 6.54 Å². The molecule has 190 valence electrons. The van der Waals surface area contributed by atoms with Crippen molar-refractivity contribution in [2.45, 2.75) is 19.5 Å². The van der Waals surface area contributed by atoms with Crippen LogP contribution in [-0.4, -0.2) is 29.7 Å². The molecule has 0 radical (unpaired) electrons. The van der Waals surface area contributed by atoms with E-state index in [1.807, 2.05) is 61.5 Å². The molecule has 0 amide bonds. The van der Waals surface area contributed by atoms with E-state index in [9.17, 15) is 4.79 Å². The highest BCUT2D eigenvalue weighted by Gasteiger charge is 2.20. The van der Waals surface area contributed by atoms with Crippen LogP contribution in [0.3, 0.4) is 0 Å². The van der Waals surface area contributed by atoms with Gasteiger partial charge in [-0.15, -0.1) is 11.3 Å². The Labute approximate surface area is 232 Å². The van der Waals surface area contributed by atoms with Gasteiger partial charge in [0.1, 0.15) is 16.7 Å². The Morgan fingerprint density at radius 3 is 2.79 bits per heavy atom. The first-order valence-electron chi connectivity index (χ1n) is 12.2. The number of fused-ring (bicyclic) bond motifs is 2. The molecule has 6 aromatic rings. The summed E-state index contributed by atoms with van der Waals surface area (Å²) in [5.74, 6) is 0.622. The van der Waals surface area contributed by atoms with Crippen LogP contribution >= 0.6 is 23.6 Å². The van der Waals surface area contributed by atoms with Crippen molar-refractivity contribution in [3.8, 4) is 16.8 Å². The van der Waals surface area contributed by atoms with Crippen molar-refractivity contribution in [1.29, 1.82) is 0 Å². The van der Waals surface area contributed by atoms with Gasteiger partial charge in [0.2, 0.25) is 0 Å². The SMILES string of the molecule is C[C@H](Nc1ncnc2scnc12)c1cc2cccc(-c3cncc(CN=C=S)c3)c2c(=O)n1-c1ccccc1. The molecule has 0 saturated heterocycles. The normalized spacial score (nSPS) is 11.8. The first kappa shape index (κ1) is 24.7. The third-order valence-electron chi connectivity index (χ3n) is 6.45. The highest BCUT2D eigenvalue weighted by molar-refractivity contribution is 7.78. The average molecular weight is 548 g/mol. The lowest BCUT2D eigenvalue weighted by Gasteiger charge is -2.22. The summed E-state index contributed by atoms with van der Waals surface area (Å²) in [7, 11) is 0. The third kappa shape index (κ3) is 4.72. The van der Waals surface area contributed by atoms with E-state index >= 15 is 0 Å². The Balaban J connectivity index is 1.54. The molecule has 0 saturated carbocycles. The lowest BCUT2D eigenvalue weighted by atomic mass is 9.98. The van der Waals surface area contributed by atoms with Crippen LogP contribution in [0.5, 0.6) is 0 Å². The fourth-order valence-corrected chi connectivity index (χ4v) is 5.40. The molecule has 8 nitrogen and oxygen atoms in total. The van der Waals surface area contributed by atoms with E-state index in [2.05, 4.69) is 41.5 Å². The van der Waals surface area contributed by atoms with Crippen molar-refractivity contribution in [1.82, 2.24) is 24.5 Å².